The Hall–Kier alpha value is -2.93. The average molecular weight is 422 g/mol. The van der Waals surface area contributed by atoms with Crippen molar-refractivity contribution in [3.05, 3.63) is 77.9 Å². The maximum Gasteiger partial charge on any atom is 0.253 e. The number of benzene rings is 2. The lowest BCUT2D eigenvalue weighted by Crippen LogP contribution is -2.32. The van der Waals surface area contributed by atoms with E-state index in [0.29, 0.717) is 12.0 Å². The van der Waals surface area contributed by atoms with Crippen molar-refractivity contribution in [2.24, 2.45) is 0 Å². The van der Waals surface area contributed by atoms with Gasteiger partial charge in [0.15, 0.2) is 11.5 Å². The number of thioether (sulfide) groups is 1. The Bertz CT molecular complexity index is 1020. The van der Waals surface area contributed by atoms with Gasteiger partial charge in [0.05, 0.1) is 6.33 Å². The summed E-state index contributed by atoms with van der Waals surface area (Å²) < 4.78 is 12.9. The summed E-state index contributed by atoms with van der Waals surface area (Å²) in [6, 6.07) is 14.1. The summed E-state index contributed by atoms with van der Waals surface area (Å²) in [4.78, 5) is 19.1. The van der Waals surface area contributed by atoms with Crippen LogP contribution in [0.15, 0.2) is 61.2 Å². The molecule has 3 aromatic rings. The molecule has 5 rings (SSSR count). The van der Waals surface area contributed by atoms with Crippen LogP contribution in [0.4, 0.5) is 0 Å². The van der Waals surface area contributed by atoms with Crippen LogP contribution < -0.4 is 9.47 Å². The van der Waals surface area contributed by atoms with E-state index >= 15 is 0 Å². The molecule has 1 fully saturated rings. The van der Waals surface area contributed by atoms with Crippen LogP contribution in [-0.4, -0.2) is 46.0 Å². The molecule has 1 aromatic heterocycles. The molecule has 2 aliphatic rings. The van der Waals surface area contributed by atoms with E-state index in [1.807, 2.05) is 57.8 Å². The van der Waals surface area contributed by atoms with E-state index in [2.05, 4.69) is 17.1 Å². The van der Waals surface area contributed by atoms with Gasteiger partial charge in [-0.1, -0.05) is 18.2 Å². The Kier molecular flexibility index (Phi) is 5.36. The molecule has 154 valence electrons. The van der Waals surface area contributed by atoms with Gasteiger partial charge in [-0.25, -0.2) is 4.98 Å². The van der Waals surface area contributed by atoms with E-state index in [0.717, 1.165) is 54.4 Å². The van der Waals surface area contributed by atoms with E-state index in [9.17, 15) is 4.79 Å². The standard InChI is InChI=1S/C23H23N3O3S/c27-23(18-3-1-17(2-4-18)14-25-10-8-24-15-25)26-9-7-22(30-12-11-26)19-5-6-20-21(13-19)29-16-28-20/h1-6,8,10,13,15,22H,7,9,11-12,14,16H2. The van der Waals surface area contributed by atoms with Crippen molar-refractivity contribution in [2.75, 3.05) is 25.6 Å². The quantitative estimate of drug-likeness (QED) is 0.638. The number of imidazole rings is 1. The molecule has 1 atom stereocenters. The van der Waals surface area contributed by atoms with Gasteiger partial charge in [-0.15, -0.1) is 0 Å². The van der Waals surface area contributed by atoms with Crippen LogP contribution >= 0.6 is 11.8 Å². The van der Waals surface area contributed by atoms with Crippen LogP contribution in [0, 0.1) is 0 Å². The first-order valence-corrected chi connectivity index (χ1v) is 11.2. The fourth-order valence-electron chi connectivity index (χ4n) is 3.88. The van der Waals surface area contributed by atoms with Crippen LogP contribution in [0.2, 0.25) is 0 Å². The second kappa shape index (κ2) is 8.44. The number of rotatable bonds is 4. The zero-order valence-electron chi connectivity index (χ0n) is 16.6. The normalized spacial score (nSPS) is 18.3. The molecule has 1 unspecified atom stereocenters. The molecule has 1 saturated heterocycles. The smallest absolute Gasteiger partial charge is 0.253 e. The lowest BCUT2D eigenvalue weighted by atomic mass is 10.1. The summed E-state index contributed by atoms with van der Waals surface area (Å²) in [5.41, 5.74) is 3.14. The number of nitrogens with zero attached hydrogens (tertiary/aromatic N) is 3. The zero-order valence-corrected chi connectivity index (χ0v) is 17.4. The summed E-state index contributed by atoms with van der Waals surface area (Å²) in [6.45, 7) is 2.56. The molecule has 0 N–H and O–H groups in total. The first-order valence-electron chi connectivity index (χ1n) is 10.1. The van der Waals surface area contributed by atoms with Crippen LogP contribution in [-0.2, 0) is 6.54 Å². The van der Waals surface area contributed by atoms with Crippen LogP contribution in [0.3, 0.4) is 0 Å². The number of ether oxygens (including phenoxy) is 2. The van der Waals surface area contributed by atoms with E-state index in [4.69, 9.17) is 9.47 Å². The molecule has 2 aliphatic heterocycles. The summed E-state index contributed by atoms with van der Waals surface area (Å²) in [6.07, 6.45) is 6.43. The lowest BCUT2D eigenvalue weighted by molar-refractivity contribution is 0.0766. The minimum Gasteiger partial charge on any atom is -0.454 e. The van der Waals surface area contributed by atoms with Crippen LogP contribution in [0.1, 0.15) is 33.2 Å². The predicted octanol–water partition coefficient (Wildman–Crippen LogP) is 3.98. The van der Waals surface area contributed by atoms with Gasteiger partial charge in [-0.05, 0) is 41.8 Å². The highest BCUT2D eigenvalue weighted by molar-refractivity contribution is 7.99. The van der Waals surface area contributed by atoms with Crippen molar-refractivity contribution in [2.45, 2.75) is 18.2 Å². The molecule has 0 spiro atoms. The Morgan fingerprint density at radius 3 is 2.80 bits per heavy atom. The fraction of sp³-hybridized carbons (Fsp3) is 0.304. The van der Waals surface area contributed by atoms with E-state index in [1.54, 1.807) is 12.5 Å². The fourth-order valence-corrected chi connectivity index (χ4v) is 5.10. The number of amides is 1. The largest absolute Gasteiger partial charge is 0.454 e. The Labute approximate surface area is 179 Å². The molecule has 1 amide bonds. The van der Waals surface area contributed by atoms with Crippen molar-refractivity contribution >= 4 is 17.7 Å². The average Bonchev–Trinajstić information content (AvgIpc) is 3.40. The molecule has 30 heavy (non-hydrogen) atoms. The predicted molar refractivity (Wildman–Crippen MR) is 116 cm³/mol. The van der Waals surface area contributed by atoms with Crippen molar-refractivity contribution in [3.8, 4) is 11.5 Å². The van der Waals surface area contributed by atoms with Crippen molar-refractivity contribution in [1.29, 1.82) is 0 Å². The third-order valence-electron chi connectivity index (χ3n) is 5.52. The van der Waals surface area contributed by atoms with Gasteiger partial charge >= 0.3 is 0 Å². The summed E-state index contributed by atoms with van der Waals surface area (Å²) in [5.74, 6) is 2.66. The summed E-state index contributed by atoms with van der Waals surface area (Å²) >= 11 is 1.90. The Morgan fingerprint density at radius 1 is 1.10 bits per heavy atom. The maximum absolute atomic E-state index is 13.0. The summed E-state index contributed by atoms with van der Waals surface area (Å²) in [7, 11) is 0. The van der Waals surface area contributed by atoms with Crippen LogP contribution in [0.25, 0.3) is 0 Å². The van der Waals surface area contributed by atoms with Crippen molar-refractivity contribution in [1.82, 2.24) is 14.5 Å². The van der Waals surface area contributed by atoms with E-state index in [-0.39, 0.29) is 5.91 Å². The number of hydrogen-bond acceptors (Lipinski definition) is 5. The molecule has 2 aromatic carbocycles. The van der Waals surface area contributed by atoms with Gasteiger partial charge in [0.25, 0.3) is 5.91 Å². The molecule has 6 nitrogen and oxygen atoms in total. The third-order valence-corrected chi connectivity index (χ3v) is 6.85. The maximum atomic E-state index is 13.0. The highest BCUT2D eigenvalue weighted by Crippen LogP contribution is 2.40. The highest BCUT2D eigenvalue weighted by Gasteiger charge is 2.24. The second-order valence-corrected chi connectivity index (χ2v) is 8.80. The molecule has 3 heterocycles. The SMILES string of the molecule is O=C(c1ccc(Cn2ccnc2)cc1)N1CCSC(c2ccc3c(c2)OCO3)CC1. The van der Waals surface area contributed by atoms with Gasteiger partial charge < -0.3 is 18.9 Å². The van der Waals surface area contributed by atoms with E-state index < -0.39 is 0 Å². The van der Waals surface area contributed by atoms with Crippen molar-refractivity contribution in [3.63, 3.8) is 0 Å². The van der Waals surface area contributed by atoms with Gasteiger partial charge in [0, 0.05) is 48.6 Å². The number of hydrogen-bond donors (Lipinski definition) is 0. The molecule has 7 heteroatoms. The second-order valence-electron chi connectivity index (χ2n) is 7.48. The molecular weight excluding hydrogens is 398 g/mol. The Balaban J connectivity index is 1.22. The molecular formula is C23H23N3O3S. The van der Waals surface area contributed by atoms with E-state index in [1.165, 1.54) is 5.56 Å². The first kappa shape index (κ1) is 19.1. The molecule has 0 saturated carbocycles. The zero-order chi connectivity index (χ0) is 20.3. The monoisotopic (exact) mass is 421 g/mol. The number of aromatic nitrogens is 2. The lowest BCUT2D eigenvalue weighted by Gasteiger charge is -2.20. The third kappa shape index (κ3) is 4.03. The Morgan fingerprint density at radius 2 is 1.97 bits per heavy atom. The number of carbonyl (C=O) groups excluding carboxylic acids is 1. The highest BCUT2D eigenvalue weighted by atomic mass is 32.2. The van der Waals surface area contributed by atoms with Gasteiger partial charge in [-0.3, -0.25) is 4.79 Å². The number of carbonyl (C=O) groups is 1. The molecule has 0 aliphatic carbocycles. The van der Waals surface area contributed by atoms with Crippen molar-refractivity contribution < 1.29 is 14.3 Å². The minimum atomic E-state index is 0.108. The first-order chi connectivity index (χ1) is 14.8. The minimum absolute atomic E-state index is 0.108. The van der Waals surface area contributed by atoms with Gasteiger partial charge in [-0.2, -0.15) is 11.8 Å². The van der Waals surface area contributed by atoms with Gasteiger partial charge in [0.2, 0.25) is 6.79 Å². The van der Waals surface area contributed by atoms with Gasteiger partial charge in [0.1, 0.15) is 0 Å². The molecule has 0 bridgehead atoms. The van der Waals surface area contributed by atoms with Crippen LogP contribution in [0.5, 0.6) is 11.5 Å². The topological polar surface area (TPSA) is 56.6 Å². The molecule has 0 radical (unpaired) electrons. The summed E-state index contributed by atoms with van der Waals surface area (Å²) in [5, 5.41) is 0.356. The number of fused-ring (bicyclic) bond motifs is 1.